The van der Waals surface area contributed by atoms with Crippen molar-refractivity contribution >= 4 is 41.8 Å². The molecule has 0 saturated heterocycles. The lowest BCUT2D eigenvalue weighted by atomic mass is 10.1. The number of hydrogen-bond donors (Lipinski definition) is 2. The van der Waals surface area contributed by atoms with Crippen LogP contribution in [0, 0.1) is 13.8 Å². The number of aromatic nitrogens is 3. The number of amides is 1. The smallest absolute Gasteiger partial charge is 0.252 e. The molecule has 6 nitrogen and oxygen atoms in total. The molecule has 0 bridgehead atoms. The zero-order valence-corrected chi connectivity index (χ0v) is 15.1. The molecule has 22 heavy (non-hydrogen) atoms. The summed E-state index contributed by atoms with van der Waals surface area (Å²) in [5, 5.41) is 11.2. The number of aryl methyl sites for hydroxylation is 3. The number of carbonyl (C=O) groups is 1. The van der Waals surface area contributed by atoms with Crippen LogP contribution in [0.5, 0.6) is 0 Å². The van der Waals surface area contributed by atoms with E-state index in [1.54, 1.807) is 4.68 Å². The first-order chi connectivity index (χ1) is 9.43. The van der Waals surface area contributed by atoms with E-state index in [-0.39, 0.29) is 36.8 Å². The van der Waals surface area contributed by atoms with Gasteiger partial charge in [0.2, 0.25) is 0 Å². The van der Waals surface area contributed by atoms with Gasteiger partial charge in [-0.25, -0.2) is 4.98 Å². The molecule has 2 N–H and O–H groups in total. The number of rotatable bonds is 4. The lowest BCUT2D eigenvalue weighted by Gasteiger charge is -2.12. The molecule has 2 aromatic rings. The van der Waals surface area contributed by atoms with Crippen molar-refractivity contribution in [2.75, 3.05) is 13.6 Å². The summed E-state index contributed by atoms with van der Waals surface area (Å²) in [7, 11) is 3.71. The molecule has 1 amide bonds. The van der Waals surface area contributed by atoms with Gasteiger partial charge >= 0.3 is 0 Å². The molecule has 0 saturated carbocycles. The second-order valence-corrected chi connectivity index (χ2v) is 5.12. The zero-order valence-electron chi connectivity index (χ0n) is 13.4. The highest BCUT2D eigenvalue weighted by Crippen LogP contribution is 2.21. The largest absolute Gasteiger partial charge is 0.350 e. The van der Waals surface area contributed by atoms with E-state index < -0.39 is 0 Å². The monoisotopic (exact) mass is 347 g/mol. The molecular formula is C14H23Cl2N5O. The minimum Gasteiger partial charge on any atom is -0.350 e. The van der Waals surface area contributed by atoms with Gasteiger partial charge in [-0.05, 0) is 33.9 Å². The Morgan fingerprint density at radius 2 is 2.00 bits per heavy atom. The topological polar surface area (TPSA) is 71.8 Å². The molecule has 0 aromatic carbocycles. The zero-order chi connectivity index (χ0) is 14.9. The Kier molecular flexibility index (Phi) is 7.79. The standard InChI is InChI=1S/C14H21N5O.2ClH/c1-8-6-11(14(20)16-7-9(2)15-4)12-10(3)18-19(5)13(12)17-8;;/h6,9,15H,7H2,1-5H3,(H,16,20);2*1H. The molecule has 0 aliphatic carbocycles. The predicted octanol–water partition coefficient (Wildman–Crippen LogP) is 1.77. The summed E-state index contributed by atoms with van der Waals surface area (Å²) in [6, 6.07) is 2.04. The Morgan fingerprint density at radius 3 is 2.59 bits per heavy atom. The number of likely N-dealkylation sites (N-methyl/N-ethyl adjacent to an activating group) is 1. The normalized spacial score (nSPS) is 11.5. The molecule has 0 aliphatic rings. The SMILES string of the molecule is CNC(C)CNC(=O)c1cc(C)nc2c1c(C)nn2C.Cl.Cl. The highest BCUT2D eigenvalue weighted by atomic mass is 35.5. The summed E-state index contributed by atoms with van der Waals surface area (Å²) in [4.78, 5) is 16.8. The van der Waals surface area contributed by atoms with Crippen LogP contribution in [0.25, 0.3) is 11.0 Å². The van der Waals surface area contributed by atoms with E-state index in [1.807, 2.05) is 40.9 Å². The fraction of sp³-hybridized carbons (Fsp3) is 0.500. The van der Waals surface area contributed by atoms with Gasteiger partial charge in [0.25, 0.3) is 5.91 Å². The average Bonchev–Trinajstić information content (AvgIpc) is 2.69. The van der Waals surface area contributed by atoms with E-state index in [4.69, 9.17) is 0 Å². The van der Waals surface area contributed by atoms with Crippen LogP contribution in [0.4, 0.5) is 0 Å². The minimum absolute atomic E-state index is 0. The summed E-state index contributed by atoms with van der Waals surface area (Å²) in [5.74, 6) is -0.0845. The van der Waals surface area contributed by atoms with Crippen LogP contribution < -0.4 is 10.6 Å². The molecule has 2 rings (SSSR count). The molecular weight excluding hydrogens is 325 g/mol. The summed E-state index contributed by atoms with van der Waals surface area (Å²) >= 11 is 0. The number of fused-ring (bicyclic) bond motifs is 1. The second kappa shape index (κ2) is 8.31. The fourth-order valence-electron chi connectivity index (χ4n) is 2.19. The third kappa shape index (κ3) is 4.09. The first-order valence-corrected chi connectivity index (χ1v) is 6.70. The van der Waals surface area contributed by atoms with Crippen LogP contribution in [-0.4, -0.2) is 40.3 Å². The molecule has 0 spiro atoms. The quantitative estimate of drug-likeness (QED) is 0.883. The van der Waals surface area contributed by atoms with Gasteiger partial charge in [-0.3, -0.25) is 9.48 Å². The Bertz CT molecular complexity index is 656. The Morgan fingerprint density at radius 1 is 1.36 bits per heavy atom. The number of nitrogens with one attached hydrogen (secondary N) is 2. The van der Waals surface area contributed by atoms with E-state index in [0.29, 0.717) is 12.1 Å². The molecule has 0 aliphatic heterocycles. The lowest BCUT2D eigenvalue weighted by molar-refractivity contribution is 0.0952. The van der Waals surface area contributed by atoms with E-state index >= 15 is 0 Å². The maximum Gasteiger partial charge on any atom is 0.252 e. The van der Waals surface area contributed by atoms with Gasteiger partial charge in [-0.1, -0.05) is 0 Å². The van der Waals surface area contributed by atoms with Gasteiger partial charge in [0, 0.05) is 25.3 Å². The molecule has 124 valence electrons. The van der Waals surface area contributed by atoms with E-state index in [9.17, 15) is 4.79 Å². The molecule has 8 heteroatoms. The summed E-state index contributed by atoms with van der Waals surface area (Å²) < 4.78 is 1.71. The maximum absolute atomic E-state index is 12.4. The number of hydrogen-bond acceptors (Lipinski definition) is 4. The first-order valence-electron chi connectivity index (χ1n) is 6.70. The number of nitrogens with zero attached hydrogens (tertiary/aromatic N) is 3. The highest BCUT2D eigenvalue weighted by Gasteiger charge is 2.17. The first kappa shape index (κ1) is 20.6. The number of carbonyl (C=O) groups excluding carboxylic acids is 1. The maximum atomic E-state index is 12.4. The van der Waals surface area contributed by atoms with E-state index in [2.05, 4.69) is 20.7 Å². The van der Waals surface area contributed by atoms with Crippen molar-refractivity contribution in [3.8, 4) is 0 Å². The fourth-order valence-corrected chi connectivity index (χ4v) is 2.19. The van der Waals surface area contributed by atoms with Crippen molar-refractivity contribution < 1.29 is 4.79 Å². The van der Waals surface area contributed by atoms with Gasteiger partial charge in [-0.2, -0.15) is 5.10 Å². The van der Waals surface area contributed by atoms with Crippen LogP contribution in [0.3, 0.4) is 0 Å². The van der Waals surface area contributed by atoms with Crippen LogP contribution in [0.15, 0.2) is 6.07 Å². The van der Waals surface area contributed by atoms with Gasteiger partial charge in [0.1, 0.15) is 0 Å². The van der Waals surface area contributed by atoms with Crippen molar-refractivity contribution in [1.29, 1.82) is 0 Å². The molecule has 0 fully saturated rings. The summed E-state index contributed by atoms with van der Waals surface area (Å²) in [6.07, 6.45) is 0. The van der Waals surface area contributed by atoms with E-state index in [1.165, 1.54) is 0 Å². The highest BCUT2D eigenvalue weighted by molar-refractivity contribution is 6.06. The number of halogens is 2. The van der Waals surface area contributed by atoms with Crippen LogP contribution in [0.2, 0.25) is 0 Å². The van der Waals surface area contributed by atoms with Crippen LogP contribution in [0.1, 0.15) is 28.7 Å². The molecule has 2 aromatic heterocycles. The summed E-state index contributed by atoms with van der Waals surface area (Å²) in [5.41, 5.74) is 3.02. The van der Waals surface area contributed by atoms with Crippen LogP contribution >= 0.6 is 24.8 Å². The predicted molar refractivity (Wildman–Crippen MR) is 93.3 cm³/mol. The molecule has 1 unspecified atom stereocenters. The van der Waals surface area contributed by atoms with Gasteiger partial charge in [-0.15, -0.1) is 24.8 Å². The Labute approximate surface area is 142 Å². The van der Waals surface area contributed by atoms with Gasteiger partial charge in [0.15, 0.2) is 5.65 Å². The van der Waals surface area contributed by atoms with Crippen molar-refractivity contribution in [3.63, 3.8) is 0 Å². The number of pyridine rings is 1. The van der Waals surface area contributed by atoms with Crippen molar-refractivity contribution in [3.05, 3.63) is 23.0 Å². The third-order valence-electron chi connectivity index (χ3n) is 3.40. The van der Waals surface area contributed by atoms with E-state index in [0.717, 1.165) is 22.4 Å². The summed E-state index contributed by atoms with van der Waals surface area (Å²) in [6.45, 7) is 6.38. The van der Waals surface area contributed by atoms with Crippen molar-refractivity contribution in [1.82, 2.24) is 25.4 Å². The lowest BCUT2D eigenvalue weighted by Crippen LogP contribution is -2.37. The Balaban J connectivity index is 0.00000220. The molecule has 2 heterocycles. The average molecular weight is 348 g/mol. The van der Waals surface area contributed by atoms with Gasteiger partial charge in [0.05, 0.1) is 16.6 Å². The minimum atomic E-state index is -0.0845. The second-order valence-electron chi connectivity index (χ2n) is 5.12. The van der Waals surface area contributed by atoms with Crippen molar-refractivity contribution in [2.24, 2.45) is 7.05 Å². The van der Waals surface area contributed by atoms with Crippen LogP contribution in [-0.2, 0) is 7.05 Å². The van der Waals surface area contributed by atoms with Crippen molar-refractivity contribution in [2.45, 2.75) is 26.8 Å². The van der Waals surface area contributed by atoms with Gasteiger partial charge < -0.3 is 10.6 Å². The Hall–Kier alpha value is -1.37. The third-order valence-corrected chi connectivity index (χ3v) is 3.40. The molecule has 1 atom stereocenters. The molecule has 0 radical (unpaired) electrons.